The van der Waals surface area contributed by atoms with E-state index in [2.05, 4.69) is 15.2 Å². The lowest BCUT2D eigenvalue weighted by molar-refractivity contribution is -0.384. The van der Waals surface area contributed by atoms with E-state index in [0.29, 0.717) is 23.0 Å². The van der Waals surface area contributed by atoms with Gasteiger partial charge in [-0.15, -0.1) is 0 Å². The second kappa shape index (κ2) is 7.40. The second-order valence-electron chi connectivity index (χ2n) is 6.42. The Morgan fingerprint density at radius 1 is 1.25 bits per heavy atom. The van der Waals surface area contributed by atoms with Crippen LogP contribution in [0.3, 0.4) is 0 Å². The van der Waals surface area contributed by atoms with Crippen LogP contribution in [0.2, 0.25) is 0 Å². The number of hydrogen-bond acceptors (Lipinski definition) is 5. The Hall–Kier alpha value is -3.26. The number of rotatable bonds is 5. The minimum Gasteiger partial charge on any atom is -0.459 e. The molecular weight excluding hydrogens is 376 g/mol. The highest BCUT2D eigenvalue weighted by atomic mass is 32.1. The third kappa shape index (κ3) is 3.22. The molecule has 0 saturated carbocycles. The number of nitro groups is 1. The number of non-ortho nitro benzene ring substituents is 1. The lowest BCUT2D eigenvalue weighted by Gasteiger charge is -2.24. The summed E-state index contributed by atoms with van der Waals surface area (Å²) in [6.45, 7) is 2.75. The Balaban J connectivity index is 1.72. The quantitative estimate of drug-likeness (QED) is 0.393. The fourth-order valence-corrected chi connectivity index (χ4v) is 3.86. The Labute approximate surface area is 167 Å². The van der Waals surface area contributed by atoms with E-state index in [4.69, 9.17) is 16.6 Å². The first-order valence-electron chi connectivity index (χ1n) is 8.91. The van der Waals surface area contributed by atoms with Gasteiger partial charge in [-0.2, -0.15) is 0 Å². The first kappa shape index (κ1) is 18.1. The van der Waals surface area contributed by atoms with Crippen LogP contribution < -0.4 is 5.32 Å². The van der Waals surface area contributed by atoms with E-state index in [1.807, 2.05) is 37.3 Å². The smallest absolute Gasteiger partial charge is 0.270 e. The highest BCUT2D eigenvalue weighted by molar-refractivity contribution is 7.80. The normalized spacial score (nSPS) is 18.9. The third-order valence-electron chi connectivity index (χ3n) is 4.80. The molecule has 2 atom stereocenters. The van der Waals surface area contributed by atoms with E-state index in [-0.39, 0.29) is 17.8 Å². The van der Waals surface area contributed by atoms with Gasteiger partial charge in [0.1, 0.15) is 17.6 Å². The molecular formula is C20H18N4O3S. The van der Waals surface area contributed by atoms with Crippen LogP contribution in [-0.4, -0.2) is 26.5 Å². The molecule has 1 aliphatic rings. The first-order valence-corrected chi connectivity index (χ1v) is 9.32. The van der Waals surface area contributed by atoms with Crippen molar-refractivity contribution in [1.29, 1.82) is 0 Å². The van der Waals surface area contributed by atoms with Gasteiger partial charge in [-0.3, -0.25) is 15.1 Å². The predicted molar refractivity (Wildman–Crippen MR) is 109 cm³/mol. The molecule has 1 fully saturated rings. The summed E-state index contributed by atoms with van der Waals surface area (Å²) in [6.07, 6.45) is 1.75. The SMILES string of the molecule is CCN1C(=S)NC(c2ccccn2)C1c1ccc(-c2cccc([N+](=O)[O-])c2)o1. The molecule has 2 aromatic heterocycles. The van der Waals surface area contributed by atoms with Crippen LogP contribution in [0, 0.1) is 10.1 Å². The zero-order valence-corrected chi connectivity index (χ0v) is 15.9. The van der Waals surface area contributed by atoms with Gasteiger partial charge in [-0.25, -0.2) is 0 Å². The molecule has 7 nitrogen and oxygen atoms in total. The van der Waals surface area contributed by atoms with Gasteiger partial charge < -0.3 is 14.6 Å². The molecule has 8 heteroatoms. The number of nitro benzene ring substituents is 1. The van der Waals surface area contributed by atoms with Crippen molar-refractivity contribution in [2.45, 2.75) is 19.0 Å². The number of furan rings is 1. The first-order chi connectivity index (χ1) is 13.6. The molecule has 3 heterocycles. The molecule has 3 aromatic rings. The van der Waals surface area contributed by atoms with E-state index in [0.717, 1.165) is 11.5 Å². The average molecular weight is 394 g/mol. The van der Waals surface area contributed by atoms with Crippen LogP contribution in [0.25, 0.3) is 11.3 Å². The molecule has 1 aromatic carbocycles. The standard InChI is InChI=1S/C20H18N4O3S/c1-2-23-19(18(22-20(23)28)15-8-3-4-11-21-15)17-10-9-16(27-17)13-6-5-7-14(12-13)24(25)26/h3-12,18-19H,2H2,1H3,(H,22,28). The van der Waals surface area contributed by atoms with Gasteiger partial charge in [0, 0.05) is 30.4 Å². The minimum atomic E-state index is -0.414. The summed E-state index contributed by atoms with van der Waals surface area (Å²) >= 11 is 5.51. The molecule has 142 valence electrons. The lowest BCUT2D eigenvalue weighted by atomic mass is 10.0. The van der Waals surface area contributed by atoms with Gasteiger partial charge in [0.05, 0.1) is 16.7 Å². The molecule has 1 aliphatic heterocycles. The molecule has 0 spiro atoms. The summed E-state index contributed by atoms with van der Waals surface area (Å²) in [5.41, 5.74) is 1.56. The van der Waals surface area contributed by atoms with Crippen molar-refractivity contribution >= 4 is 23.0 Å². The van der Waals surface area contributed by atoms with Gasteiger partial charge >= 0.3 is 0 Å². The molecule has 0 aliphatic carbocycles. The molecule has 1 N–H and O–H groups in total. The minimum absolute atomic E-state index is 0.0284. The summed E-state index contributed by atoms with van der Waals surface area (Å²) in [6, 6.07) is 15.6. The molecule has 0 amide bonds. The van der Waals surface area contributed by atoms with Crippen molar-refractivity contribution in [3.05, 3.63) is 82.4 Å². The van der Waals surface area contributed by atoms with Crippen molar-refractivity contribution in [1.82, 2.24) is 15.2 Å². The van der Waals surface area contributed by atoms with Gasteiger partial charge in [0.15, 0.2) is 5.11 Å². The molecule has 0 radical (unpaired) electrons. The predicted octanol–water partition coefficient (Wildman–Crippen LogP) is 4.24. The maximum absolute atomic E-state index is 11.1. The number of nitrogens with one attached hydrogen (secondary N) is 1. The maximum atomic E-state index is 11.1. The van der Waals surface area contributed by atoms with Crippen LogP contribution >= 0.6 is 12.2 Å². The van der Waals surface area contributed by atoms with Crippen LogP contribution in [0.1, 0.15) is 30.5 Å². The lowest BCUT2D eigenvalue weighted by Crippen LogP contribution is -2.29. The monoisotopic (exact) mass is 394 g/mol. The molecule has 2 unspecified atom stereocenters. The fourth-order valence-electron chi connectivity index (χ4n) is 3.49. The number of thiocarbonyl (C=S) groups is 1. The Morgan fingerprint density at radius 2 is 2.11 bits per heavy atom. The molecule has 0 bridgehead atoms. The van der Waals surface area contributed by atoms with Crippen molar-refractivity contribution in [3.63, 3.8) is 0 Å². The van der Waals surface area contributed by atoms with Crippen LogP contribution in [0.15, 0.2) is 65.2 Å². The summed E-state index contributed by atoms with van der Waals surface area (Å²) in [4.78, 5) is 17.2. The topological polar surface area (TPSA) is 84.4 Å². The number of pyridine rings is 1. The van der Waals surface area contributed by atoms with Gasteiger partial charge in [-0.05, 0) is 43.4 Å². The summed E-state index contributed by atoms with van der Waals surface area (Å²) < 4.78 is 6.13. The Bertz CT molecular complexity index is 1020. The van der Waals surface area contributed by atoms with E-state index < -0.39 is 4.92 Å². The zero-order valence-electron chi connectivity index (χ0n) is 15.1. The molecule has 4 rings (SSSR count). The number of benzene rings is 1. The van der Waals surface area contributed by atoms with Gasteiger partial charge in [0.2, 0.25) is 0 Å². The number of hydrogen-bond donors (Lipinski definition) is 1. The molecule has 1 saturated heterocycles. The van der Waals surface area contributed by atoms with Crippen molar-refractivity contribution in [2.24, 2.45) is 0 Å². The van der Waals surface area contributed by atoms with Gasteiger partial charge in [-0.1, -0.05) is 18.2 Å². The van der Waals surface area contributed by atoms with E-state index >= 15 is 0 Å². The summed E-state index contributed by atoms with van der Waals surface area (Å²) in [7, 11) is 0. The van der Waals surface area contributed by atoms with Crippen LogP contribution in [0.5, 0.6) is 0 Å². The van der Waals surface area contributed by atoms with E-state index in [1.165, 1.54) is 12.1 Å². The number of nitrogens with zero attached hydrogens (tertiary/aromatic N) is 3. The van der Waals surface area contributed by atoms with E-state index in [9.17, 15) is 10.1 Å². The number of likely N-dealkylation sites (N-methyl/N-ethyl adjacent to an activating group) is 1. The van der Waals surface area contributed by atoms with E-state index in [1.54, 1.807) is 18.3 Å². The zero-order chi connectivity index (χ0) is 19.7. The maximum Gasteiger partial charge on any atom is 0.270 e. The Kier molecular flexibility index (Phi) is 4.79. The molecule has 28 heavy (non-hydrogen) atoms. The second-order valence-corrected chi connectivity index (χ2v) is 6.81. The fraction of sp³-hybridized carbons (Fsp3) is 0.200. The van der Waals surface area contributed by atoms with Crippen molar-refractivity contribution in [3.8, 4) is 11.3 Å². The van der Waals surface area contributed by atoms with Crippen molar-refractivity contribution in [2.75, 3.05) is 6.54 Å². The van der Waals surface area contributed by atoms with Crippen LogP contribution in [0.4, 0.5) is 5.69 Å². The van der Waals surface area contributed by atoms with Gasteiger partial charge in [0.25, 0.3) is 5.69 Å². The highest BCUT2D eigenvalue weighted by Crippen LogP contribution is 2.40. The summed E-state index contributed by atoms with van der Waals surface area (Å²) in [5.74, 6) is 1.30. The third-order valence-corrected chi connectivity index (χ3v) is 5.15. The van der Waals surface area contributed by atoms with Crippen LogP contribution in [-0.2, 0) is 0 Å². The average Bonchev–Trinajstić information content (AvgIpc) is 3.33. The van der Waals surface area contributed by atoms with Crippen molar-refractivity contribution < 1.29 is 9.34 Å². The Morgan fingerprint density at radius 3 is 2.82 bits per heavy atom. The number of aromatic nitrogens is 1. The highest BCUT2D eigenvalue weighted by Gasteiger charge is 2.40. The summed E-state index contributed by atoms with van der Waals surface area (Å²) in [5, 5.41) is 15.0. The largest absolute Gasteiger partial charge is 0.459 e.